The van der Waals surface area contributed by atoms with Crippen LogP contribution in [-0.2, 0) is 21.5 Å². The molecule has 3 aliphatic rings. The second-order valence-electron chi connectivity index (χ2n) is 9.10. The molecule has 1 aromatic heterocycles. The first-order valence-corrected chi connectivity index (χ1v) is 11.8. The molecular formula is C27H29N3O4. The number of carbonyl (C=O) groups excluding carboxylic acids is 1. The summed E-state index contributed by atoms with van der Waals surface area (Å²) in [4.78, 5) is 20.4. The predicted octanol–water partition coefficient (Wildman–Crippen LogP) is 4.23. The van der Waals surface area contributed by atoms with E-state index in [2.05, 4.69) is 34.5 Å². The molecule has 0 atom stereocenters. The number of carbonyl (C=O) groups is 1. The second-order valence-corrected chi connectivity index (χ2v) is 9.10. The molecule has 1 saturated carbocycles. The Morgan fingerprint density at radius 2 is 1.79 bits per heavy atom. The maximum atomic E-state index is 13.2. The molecule has 0 spiro atoms. The Kier molecular flexibility index (Phi) is 5.43. The van der Waals surface area contributed by atoms with Crippen LogP contribution in [0.5, 0.6) is 11.5 Å². The lowest BCUT2D eigenvalue weighted by atomic mass is 9.94. The first-order valence-electron chi connectivity index (χ1n) is 11.8. The Morgan fingerprint density at radius 1 is 1.00 bits per heavy atom. The first-order chi connectivity index (χ1) is 16.7. The lowest BCUT2D eigenvalue weighted by Crippen LogP contribution is -2.35. The summed E-state index contributed by atoms with van der Waals surface area (Å²) in [6.45, 7) is 4.70. The lowest BCUT2D eigenvalue weighted by Gasteiger charge is -2.26. The van der Waals surface area contributed by atoms with Crippen molar-refractivity contribution in [2.24, 2.45) is 0 Å². The van der Waals surface area contributed by atoms with Gasteiger partial charge in [0.05, 0.1) is 24.3 Å². The van der Waals surface area contributed by atoms with Gasteiger partial charge < -0.3 is 19.5 Å². The van der Waals surface area contributed by atoms with Gasteiger partial charge in [-0.25, -0.2) is 4.98 Å². The van der Waals surface area contributed by atoms with Gasteiger partial charge in [0, 0.05) is 26.6 Å². The van der Waals surface area contributed by atoms with Crippen LogP contribution >= 0.6 is 0 Å². The molecule has 7 heteroatoms. The zero-order chi connectivity index (χ0) is 23.0. The number of aromatic nitrogens is 1. The van der Waals surface area contributed by atoms with Crippen LogP contribution in [0.3, 0.4) is 0 Å². The van der Waals surface area contributed by atoms with Crippen LogP contribution in [0, 0.1) is 0 Å². The molecular weight excluding hydrogens is 430 g/mol. The highest BCUT2D eigenvalue weighted by atomic mass is 16.7. The lowest BCUT2D eigenvalue weighted by molar-refractivity contribution is -0.118. The van der Waals surface area contributed by atoms with Crippen molar-refractivity contribution in [2.45, 2.75) is 24.8 Å². The first kappa shape index (κ1) is 21.1. The van der Waals surface area contributed by atoms with E-state index < -0.39 is 5.41 Å². The van der Waals surface area contributed by atoms with E-state index in [1.165, 1.54) is 5.56 Å². The van der Waals surface area contributed by atoms with Gasteiger partial charge in [0.15, 0.2) is 11.5 Å². The van der Waals surface area contributed by atoms with Crippen molar-refractivity contribution in [3.63, 3.8) is 0 Å². The van der Waals surface area contributed by atoms with E-state index in [1.807, 2.05) is 36.4 Å². The highest BCUT2D eigenvalue weighted by Crippen LogP contribution is 2.51. The summed E-state index contributed by atoms with van der Waals surface area (Å²) in [5.41, 5.74) is 3.57. The van der Waals surface area contributed by atoms with E-state index in [-0.39, 0.29) is 14.1 Å². The Morgan fingerprint density at radius 3 is 2.59 bits per heavy atom. The van der Waals surface area contributed by atoms with E-state index >= 15 is 0 Å². The smallest absolute Gasteiger partial charge is 0.236 e. The van der Waals surface area contributed by atoms with E-state index in [1.54, 1.807) is 0 Å². The third kappa shape index (κ3) is 4.13. The number of ether oxygens (including phenoxy) is 3. The number of anilines is 1. The van der Waals surface area contributed by atoms with Gasteiger partial charge >= 0.3 is 0 Å². The molecule has 0 bridgehead atoms. The van der Waals surface area contributed by atoms with Crippen molar-refractivity contribution in [2.75, 3.05) is 38.4 Å². The van der Waals surface area contributed by atoms with Crippen LogP contribution in [0.2, 0.25) is 0 Å². The van der Waals surface area contributed by atoms with Gasteiger partial charge in [0.2, 0.25) is 12.7 Å². The number of nitrogens with zero attached hydrogens (tertiary/aromatic N) is 2. The van der Waals surface area contributed by atoms with Gasteiger partial charge in [-0.15, -0.1) is 0 Å². The van der Waals surface area contributed by atoms with Crippen LogP contribution in [0.15, 0.2) is 60.7 Å². The summed E-state index contributed by atoms with van der Waals surface area (Å²) in [7, 11) is 0. The van der Waals surface area contributed by atoms with Gasteiger partial charge in [-0.1, -0.05) is 36.4 Å². The topological polar surface area (TPSA) is 72.9 Å². The summed E-state index contributed by atoms with van der Waals surface area (Å²) in [6.07, 6.45) is 1.62. The van der Waals surface area contributed by atoms with Gasteiger partial charge in [-0.2, -0.15) is 0 Å². The maximum Gasteiger partial charge on any atom is 0.236 e. The zero-order valence-electron chi connectivity index (χ0n) is 19.0. The fraction of sp³-hybridized carbons (Fsp3) is 0.333. The van der Waals surface area contributed by atoms with E-state index in [4.69, 9.17) is 19.2 Å². The fourth-order valence-electron chi connectivity index (χ4n) is 4.67. The number of hydrogen-bond donors (Lipinski definition) is 1. The fourth-order valence-corrected chi connectivity index (χ4v) is 4.67. The molecule has 6 rings (SSSR count). The van der Waals surface area contributed by atoms with Crippen LogP contribution in [0.1, 0.15) is 25.4 Å². The Hall–Kier alpha value is -3.42. The van der Waals surface area contributed by atoms with E-state index in [0.29, 0.717) is 11.6 Å². The normalized spacial score (nSPS) is 18.5. The standard InChI is InChI=1S/C27H27N3O4.H2/c31-26(27(10-11-27)21-8-9-23-24(16-21)34-18-33-23)29-25-3-1-2-22(28-25)20-6-4-19(5-7-20)17-30-12-14-32-15-13-30;/h1-9,16H,10-15,17-18H2,(H,28,29,31);1H. The minimum Gasteiger partial charge on any atom is -0.454 e. The molecule has 1 saturated heterocycles. The molecule has 0 unspecified atom stereocenters. The highest BCUT2D eigenvalue weighted by molar-refractivity contribution is 6.01. The van der Waals surface area contributed by atoms with Crippen molar-refractivity contribution in [1.82, 2.24) is 9.88 Å². The van der Waals surface area contributed by atoms with Crippen molar-refractivity contribution in [3.05, 3.63) is 71.8 Å². The number of rotatable bonds is 6. The van der Waals surface area contributed by atoms with Gasteiger partial charge in [-0.05, 0) is 48.2 Å². The quantitative estimate of drug-likeness (QED) is 0.595. The van der Waals surface area contributed by atoms with Crippen molar-refractivity contribution < 1.29 is 20.4 Å². The number of morpholine rings is 1. The number of fused-ring (bicyclic) bond motifs is 1. The SMILES string of the molecule is O=C(Nc1cccc(-c2ccc(CN3CCOCC3)cc2)n1)C1(c2ccc3c(c2)OCO3)CC1.[HH]. The van der Waals surface area contributed by atoms with Crippen molar-refractivity contribution in [1.29, 1.82) is 0 Å². The zero-order valence-corrected chi connectivity index (χ0v) is 19.0. The summed E-state index contributed by atoms with van der Waals surface area (Å²) >= 11 is 0. The second kappa shape index (κ2) is 8.74. The number of pyridine rings is 1. The molecule has 2 aliphatic heterocycles. The molecule has 176 valence electrons. The molecule has 34 heavy (non-hydrogen) atoms. The third-order valence-electron chi connectivity index (χ3n) is 6.86. The Bertz CT molecular complexity index is 1210. The number of nitrogens with one attached hydrogen (secondary N) is 1. The predicted molar refractivity (Wildman–Crippen MR) is 130 cm³/mol. The third-order valence-corrected chi connectivity index (χ3v) is 6.86. The van der Waals surface area contributed by atoms with Crippen LogP contribution in [-0.4, -0.2) is 48.9 Å². The molecule has 1 amide bonds. The van der Waals surface area contributed by atoms with Crippen LogP contribution < -0.4 is 14.8 Å². The summed E-state index contributed by atoms with van der Waals surface area (Å²) < 4.78 is 16.3. The summed E-state index contributed by atoms with van der Waals surface area (Å²) in [5.74, 6) is 1.96. The molecule has 1 aliphatic carbocycles. The monoisotopic (exact) mass is 459 g/mol. The molecule has 7 nitrogen and oxygen atoms in total. The minimum atomic E-state index is -0.528. The van der Waals surface area contributed by atoms with Crippen LogP contribution in [0.4, 0.5) is 5.82 Å². The van der Waals surface area contributed by atoms with Gasteiger partial charge in [0.25, 0.3) is 0 Å². The molecule has 2 fully saturated rings. The van der Waals surface area contributed by atoms with E-state index in [9.17, 15) is 4.79 Å². The highest BCUT2D eigenvalue weighted by Gasteiger charge is 2.51. The summed E-state index contributed by atoms with van der Waals surface area (Å²) in [5, 5.41) is 3.05. The van der Waals surface area contributed by atoms with Gasteiger partial charge in [0.1, 0.15) is 5.82 Å². The molecule has 3 aromatic rings. The number of hydrogen-bond acceptors (Lipinski definition) is 6. The largest absolute Gasteiger partial charge is 0.454 e. The molecule has 3 heterocycles. The molecule has 0 radical (unpaired) electrons. The number of benzene rings is 2. The summed E-state index contributed by atoms with van der Waals surface area (Å²) in [6, 6.07) is 20.0. The Labute approximate surface area is 200 Å². The minimum absolute atomic E-state index is 0. The average Bonchev–Trinajstić information content (AvgIpc) is 3.56. The van der Waals surface area contributed by atoms with E-state index in [0.717, 1.165) is 68.3 Å². The van der Waals surface area contributed by atoms with Crippen molar-refractivity contribution >= 4 is 11.7 Å². The van der Waals surface area contributed by atoms with Crippen LogP contribution in [0.25, 0.3) is 11.3 Å². The molecule has 2 aromatic carbocycles. The Balaban J connectivity index is 0.00000253. The number of amides is 1. The maximum absolute atomic E-state index is 13.2. The average molecular weight is 460 g/mol. The van der Waals surface area contributed by atoms with Gasteiger partial charge in [-0.3, -0.25) is 9.69 Å². The van der Waals surface area contributed by atoms with Crippen molar-refractivity contribution in [3.8, 4) is 22.8 Å². The molecule has 1 N–H and O–H groups in total.